The van der Waals surface area contributed by atoms with Crippen molar-refractivity contribution in [2.75, 3.05) is 37.6 Å². The van der Waals surface area contributed by atoms with E-state index in [0.717, 1.165) is 37.2 Å². The standard InChI is InChI=1S/C17H23N3O3S/c1-13(21)20-8-4-14-10-15(2-3-16(14)20)24(22,23)19-9-6-17(12-19)5-7-18-11-17/h2-3,10,18H,4-9,11-12H2,1H3. The molecule has 130 valence electrons. The molecule has 1 aromatic carbocycles. The van der Waals surface area contributed by atoms with Gasteiger partial charge in [0.2, 0.25) is 15.9 Å². The quantitative estimate of drug-likeness (QED) is 0.864. The van der Waals surface area contributed by atoms with Gasteiger partial charge in [0.05, 0.1) is 4.90 Å². The maximum Gasteiger partial charge on any atom is 0.243 e. The zero-order chi connectivity index (χ0) is 16.9. The number of rotatable bonds is 2. The molecule has 0 aliphatic carbocycles. The molecule has 0 bridgehead atoms. The maximum absolute atomic E-state index is 13.0. The van der Waals surface area contributed by atoms with Crippen molar-refractivity contribution in [1.29, 1.82) is 0 Å². The number of sulfonamides is 1. The van der Waals surface area contributed by atoms with Crippen LogP contribution >= 0.6 is 0 Å². The molecule has 7 heteroatoms. The second-order valence-corrected chi connectivity index (χ2v) is 9.16. The lowest BCUT2D eigenvalue weighted by atomic mass is 9.87. The average Bonchev–Trinajstić information content (AvgIpc) is 3.27. The van der Waals surface area contributed by atoms with E-state index in [1.54, 1.807) is 34.3 Å². The predicted molar refractivity (Wildman–Crippen MR) is 91.5 cm³/mol. The van der Waals surface area contributed by atoms with Gasteiger partial charge in [-0.3, -0.25) is 4.79 Å². The highest BCUT2D eigenvalue weighted by atomic mass is 32.2. The molecule has 0 saturated carbocycles. The Hall–Kier alpha value is -1.44. The molecule has 1 unspecified atom stereocenters. The number of carbonyl (C=O) groups excluding carboxylic acids is 1. The zero-order valence-corrected chi connectivity index (χ0v) is 14.7. The monoisotopic (exact) mass is 349 g/mol. The van der Waals surface area contributed by atoms with E-state index >= 15 is 0 Å². The van der Waals surface area contributed by atoms with Gasteiger partial charge in [-0.15, -0.1) is 0 Å². The van der Waals surface area contributed by atoms with Crippen molar-refractivity contribution in [3.05, 3.63) is 23.8 Å². The second-order valence-electron chi connectivity index (χ2n) is 7.23. The summed E-state index contributed by atoms with van der Waals surface area (Å²) >= 11 is 0. The van der Waals surface area contributed by atoms with E-state index < -0.39 is 10.0 Å². The fraction of sp³-hybridized carbons (Fsp3) is 0.588. The third-order valence-electron chi connectivity index (χ3n) is 5.70. The highest BCUT2D eigenvalue weighted by molar-refractivity contribution is 7.89. The van der Waals surface area contributed by atoms with Crippen LogP contribution in [0.3, 0.4) is 0 Å². The molecule has 3 aliphatic rings. The Morgan fingerprint density at radius 3 is 2.79 bits per heavy atom. The van der Waals surface area contributed by atoms with Crippen LogP contribution in [0.2, 0.25) is 0 Å². The molecule has 24 heavy (non-hydrogen) atoms. The van der Waals surface area contributed by atoms with Gasteiger partial charge in [0.15, 0.2) is 0 Å². The summed E-state index contributed by atoms with van der Waals surface area (Å²) in [5, 5.41) is 3.36. The second kappa shape index (κ2) is 5.54. The van der Waals surface area contributed by atoms with Gasteiger partial charge in [0, 0.05) is 38.8 Å². The van der Waals surface area contributed by atoms with Crippen molar-refractivity contribution in [3.8, 4) is 0 Å². The van der Waals surface area contributed by atoms with Crippen LogP contribution in [0.1, 0.15) is 25.3 Å². The number of hydrogen-bond acceptors (Lipinski definition) is 4. The van der Waals surface area contributed by atoms with Gasteiger partial charge in [0.25, 0.3) is 0 Å². The number of hydrogen-bond donors (Lipinski definition) is 1. The lowest BCUT2D eigenvalue weighted by Crippen LogP contribution is -2.33. The molecule has 2 fully saturated rings. The molecule has 3 aliphatic heterocycles. The van der Waals surface area contributed by atoms with Crippen molar-refractivity contribution < 1.29 is 13.2 Å². The summed E-state index contributed by atoms with van der Waals surface area (Å²) in [6.07, 6.45) is 2.70. The highest BCUT2D eigenvalue weighted by Gasteiger charge is 2.44. The minimum Gasteiger partial charge on any atom is -0.316 e. The molecule has 2 saturated heterocycles. The van der Waals surface area contributed by atoms with Gasteiger partial charge in [-0.25, -0.2) is 8.42 Å². The molecule has 1 amide bonds. The number of benzene rings is 1. The first-order valence-electron chi connectivity index (χ1n) is 8.53. The van der Waals surface area contributed by atoms with Gasteiger partial charge in [-0.2, -0.15) is 4.31 Å². The van der Waals surface area contributed by atoms with E-state index in [1.165, 1.54) is 0 Å². The SMILES string of the molecule is CC(=O)N1CCc2cc(S(=O)(=O)N3CCC4(CCNC4)C3)ccc21. The van der Waals surface area contributed by atoms with Crippen molar-refractivity contribution >= 4 is 21.6 Å². The van der Waals surface area contributed by atoms with Crippen LogP contribution in [-0.4, -0.2) is 51.4 Å². The van der Waals surface area contributed by atoms with Crippen molar-refractivity contribution in [3.63, 3.8) is 0 Å². The zero-order valence-electron chi connectivity index (χ0n) is 13.9. The third-order valence-corrected chi connectivity index (χ3v) is 7.54. The minimum absolute atomic E-state index is 0.000393. The molecular formula is C17H23N3O3S. The lowest BCUT2D eigenvalue weighted by Gasteiger charge is -2.23. The van der Waals surface area contributed by atoms with Gasteiger partial charge < -0.3 is 10.2 Å². The Morgan fingerprint density at radius 2 is 2.08 bits per heavy atom. The third kappa shape index (κ3) is 2.46. The molecule has 4 rings (SSSR count). The van der Waals surface area contributed by atoms with E-state index in [4.69, 9.17) is 0 Å². The summed E-state index contributed by atoms with van der Waals surface area (Å²) < 4.78 is 27.7. The molecule has 3 heterocycles. The van der Waals surface area contributed by atoms with Crippen LogP contribution in [0.25, 0.3) is 0 Å². The Bertz CT molecular complexity index is 784. The molecule has 0 radical (unpaired) electrons. The largest absolute Gasteiger partial charge is 0.316 e. The van der Waals surface area contributed by atoms with Gasteiger partial charge >= 0.3 is 0 Å². The summed E-state index contributed by atoms with van der Waals surface area (Å²) in [7, 11) is -3.46. The summed E-state index contributed by atoms with van der Waals surface area (Å²) in [5.41, 5.74) is 1.91. The van der Waals surface area contributed by atoms with Crippen molar-refractivity contribution in [2.45, 2.75) is 31.1 Å². The summed E-state index contributed by atoms with van der Waals surface area (Å²) in [5.74, 6) is -0.000393. The summed E-state index contributed by atoms with van der Waals surface area (Å²) in [6.45, 7) is 5.27. The maximum atomic E-state index is 13.0. The van der Waals surface area contributed by atoms with Crippen LogP contribution in [0.15, 0.2) is 23.1 Å². The van der Waals surface area contributed by atoms with Crippen molar-refractivity contribution in [1.82, 2.24) is 9.62 Å². The number of carbonyl (C=O) groups is 1. The number of fused-ring (bicyclic) bond motifs is 1. The summed E-state index contributed by atoms with van der Waals surface area (Å²) in [6, 6.07) is 5.18. The molecule has 6 nitrogen and oxygen atoms in total. The Balaban J connectivity index is 1.61. The molecule has 1 aromatic rings. The number of nitrogens with zero attached hydrogens (tertiary/aromatic N) is 2. The van der Waals surface area contributed by atoms with Crippen LogP contribution in [-0.2, 0) is 21.2 Å². The van der Waals surface area contributed by atoms with E-state index in [2.05, 4.69) is 5.32 Å². The summed E-state index contributed by atoms with van der Waals surface area (Å²) in [4.78, 5) is 13.7. The molecule has 1 atom stereocenters. The fourth-order valence-corrected chi connectivity index (χ4v) is 5.86. The number of amides is 1. The molecule has 0 aromatic heterocycles. The average molecular weight is 349 g/mol. The molecular weight excluding hydrogens is 326 g/mol. The van der Waals surface area contributed by atoms with E-state index in [1.807, 2.05) is 0 Å². The van der Waals surface area contributed by atoms with Crippen LogP contribution in [0.4, 0.5) is 5.69 Å². The molecule has 1 N–H and O–H groups in total. The normalized spacial score (nSPS) is 27.1. The van der Waals surface area contributed by atoms with Crippen LogP contribution < -0.4 is 10.2 Å². The first-order chi connectivity index (χ1) is 11.4. The predicted octanol–water partition coefficient (Wildman–Crippen LogP) is 0.970. The Morgan fingerprint density at radius 1 is 1.25 bits per heavy atom. The van der Waals surface area contributed by atoms with Crippen LogP contribution in [0.5, 0.6) is 0 Å². The van der Waals surface area contributed by atoms with Gasteiger partial charge in [-0.1, -0.05) is 0 Å². The van der Waals surface area contributed by atoms with Gasteiger partial charge in [0.1, 0.15) is 0 Å². The van der Waals surface area contributed by atoms with E-state index in [9.17, 15) is 13.2 Å². The van der Waals surface area contributed by atoms with E-state index in [-0.39, 0.29) is 11.3 Å². The van der Waals surface area contributed by atoms with Crippen LogP contribution in [0, 0.1) is 5.41 Å². The molecule has 1 spiro atoms. The topological polar surface area (TPSA) is 69.7 Å². The lowest BCUT2D eigenvalue weighted by molar-refractivity contribution is -0.116. The van der Waals surface area contributed by atoms with Gasteiger partial charge in [-0.05, 0) is 55.0 Å². The Kier molecular flexibility index (Phi) is 3.71. The van der Waals surface area contributed by atoms with Crippen molar-refractivity contribution in [2.24, 2.45) is 5.41 Å². The van der Waals surface area contributed by atoms with E-state index in [0.29, 0.717) is 31.0 Å². The smallest absolute Gasteiger partial charge is 0.243 e. The first kappa shape index (κ1) is 16.1. The fourth-order valence-electron chi connectivity index (χ4n) is 4.26. The Labute approximate surface area is 142 Å². The number of anilines is 1. The minimum atomic E-state index is -3.46. The highest BCUT2D eigenvalue weighted by Crippen LogP contribution is 2.39. The first-order valence-corrected chi connectivity index (χ1v) is 9.97. The number of nitrogens with one attached hydrogen (secondary N) is 1.